The number of carboxylic acid groups (broad SMARTS) is 2. The van der Waals surface area contributed by atoms with Crippen LogP contribution in [0.1, 0.15) is 12.6 Å². The fourth-order valence-corrected chi connectivity index (χ4v) is 6.38. The molecule has 1 saturated heterocycles. The Balaban J connectivity index is 1.34. The number of hydrogen-bond donors (Lipinski definition) is 4. The lowest BCUT2D eigenvalue weighted by atomic mass is 10.0. The molecule has 0 bridgehead atoms. The number of nitrogens with two attached hydrogens (primary N) is 1. The van der Waals surface area contributed by atoms with Gasteiger partial charge < -0.3 is 26.1 Å². The number of nitrogens with one attached hydrogen (secondary N) is 1. The second-order valence-electron chi connectivity index (χ2n) is 8.89. The lowest BCUT2D eigenvalue weighted by Gasteiger charge is -2.49. The molecule has 0 aromatic carbocycles. The van der Waals surface area contributed by atoms with Gasteiger partial charge in [0.15, 0.2) is 29.8 Å². The number of halogens is 1. The molecule has 0 saturated carbocycles. The molecule has 1 fully saturated rings. The molecule has 2 aliphatic rings. The van der Waals surface area contributed by atoms with E-state index in [0.29, 0.717) is 5.57 Å². The minimum atomic E-state index is -1.41. The first-order valence-electron chi connectivity index (χ1n) is 12.0. The molecule has 3 atom stereocenters. The Morgan fingerprint density at radius 1 is 1.33 bits per heavy atom. The summed E-state index contributed by atoms with van der Waals surface area (Å²) in [6.45, 7) is 1.41. The van der Waals surface area contributed by atoms with Crippen molar-refractivity contribution in [3.63, 3.8) is 0 Å². The van der Waals surface area contributed by atoms with Crippen LogP contribution < -0.4 is 15.6 Å². The molecule has 0 unspecified atom stereocenters. The summed E-state index contributed by atoms with van der Waals surface area (Å²) in [4.78, 5) is 59.8. The molecule has 3 aromatic heterocycles. The van der Waals surface area contributed by atoms with Gasteiger partial charge in [-0.3, -0.25) is 14.5 Å². The van der Waals surface area contributed by atoms with E-state index in [9.17, 15) is 24.3 Å². The summed E-state index contributed by atoms with van der Waals surface area (Å²) in [5.74, 6) is -3.93. The molecule has 5 rings (SSSR count). The Kier molecular flexibility index (Phi) is 8.10. The highest BCUT2D eigenvalue weighted by molar-refractivity contribution is 8.00. The van der Waals surface area contributed by atoms with Crippen molar-refractivity contribution in [3.05, 3.63) is 58.2 Å². The molecular weight excluding hydrogens is 614 g/mol. The number of carboxylic acids is 2. The molecule has 2 aliphatic heterocycles. The zero-order valence-electron chi connectivity index (χ0n) is 21.4. The summed E-state index contributed by atoms with van der Waals surface area (Å²) in [6.07, 6.45) is 5.34. The van der Waals surface area contributed by atoms with Crippen molar-refractivity contribution in [2.45, 2.75) is 31.0 Å². The number of β-lactam (4-membered cyclic amide) rings is 1. The van der Waals surface area contributed by atoms with Gasteiger partial charge >= 0.3 is 11.9 Å². The van der Waals surface area contributed by atoms with Gasteiger partial charge in [0.2, 0.25) is 6.10 Å². The third-order valence-corrected chi connectivity index (χ3v) is 8.59. The van der Waals surface area contributed by atoms with Gasteiger partial charge in [-0.05, 0) is 6.92 Å². The van der Waals surface area contributed by atoms with Crippen LogP contribution in [0.25, 0.3) is 5.69 Å². The Morgan fingerprint density at radius 2 is 2.07 bits per heavy atom. The monoisotopic (exact) mass is 634 g/mol. The van der Waals surface area contributed by atoms with E-state index in [4.69, 9.17) is 27.3 Å². The van der Waals surface area contributed by atoms with Crippen LogP contribution in [0.2, 0.25) is 4.34 Å². The van der Waals surface area contributed by atoms with E-state index in [0.717, 1.165) is 21.9 Å². The molecule has 16 nitrogen and oxygen atoms in total. The maximum absolute atomic E-state index is 13.2. The second-order valence-corrected chi connectivity index (χ2v) is 11.6. The van der Waals surface area contributed by atoms with Gasteiger partial charge in [0.1, 0.15) is 27.1 Å². The van der Waals surface area contributed by atoms with Crippen molar-refractivity contribution < 1.29 is 38.8 Å². The highest BCUT2D eigenvalue weighted by atomic mass is 35.5. The van der Waals surface area contributed by atoms with Crippen LogP contribution in [0.3, 0.4) is 0 Å². The summed E-state index contributed by atoms with van der Waals surface area (Å²) in [5, 5.41) is 32.2. The van der Waals surface area contributed by atoms with Crippen molar-refractivity contribution in [2.24, 2.45) is 5.16 Å². The van der Waals surface area contributed by atoms with Crippen LogP contribution in [0.4, 0.5) is 5.13 Å². The van der Waals surface area contributed by atoms with Crippen molar-refractivity contribution in [1.29, 1.82) is 0 Å². The Hall–Kier alpha value is -4.55. The average molecular weight is 635 g/mol. The Labute approximate surface area is 249 Å². The summed E-state index contributed by atoms with van der Waals surface area (Å²) < 4.78 is 3.34. The molecular formula is C23H21ClN9O7S2+. The number of rotatable bonds is 10. The number of fused-ring (bicyclic) bond motifs is 1. The summed E-state index contributed by atoms with van der Waals surface area (Å²) in [7, 11) is 0. The van der Waals surface area contributed by atoms with E-state index in [1.54, 1.807) is 46.2 Å². The molecule has 3 aromatic rings. The lowest BCUT2D eigenvalue weighted by molar-refractivity contribution is -0.689. The second kappa shape index (κ2) is 11.7. The number of thiazole rings is 1. The van der Waals surface area contributed by atoms with Crippen molar-refractivity contribution in [2.75, 3.05) is 11.5 Å². The number of nitrogen functional groups attached to an aromatic ring is 1. The molecule has 42 heavy (non-hydrogen) atoms. The highest BCUT2D eigenvalue weighted by Crippen LogP contribution is 2.40. The Bertz CT molecular complexity index is 1630. The van der Waals surface area contributed by atoms with Gasteiger partial charge in [0, 0.05) is 23.5 Å². The molecule has 0 spiro atoms. The molecule has 218 valence electrons. The number of carbonyl (C=O) groups is 4. The number of hydrogen-bond acceptors (Lipinski definition) is 12. The summed E-state index contributed by atoms with van der Waals surface area (Å²) in [6, 6.07) is 2.47. The van der Waals surface area contributed by atoms with E-state index < -0.39 is 47.0 Å². The van der Waals surface area contributed by atoms with Crippen LogP contribution in [0, 0.1) is 0 Å². The number of anilines is 1. The average Bonchev–Trinajstić information content (AvgIpc) is 3.61. The number of nitrogens with zero attached hydrogens (tertiary/aromatic N) is 7. The van der Waals surface area contributed by atoms with Gasteiger partial charge in [0.25, 0.3) is 11.8 Å². The van der Waals surface area contributed by atoms with Gasteiger partial charge in [-0.25, -0.2) is 23.8 Å². The number of aromatic nitrogens is 5. The maximum Gasteiger partial charge on any atom is 0.352 e. The maximum atomic E-state index is 13.2. The quantitative estimate of drug-likeness (QED) is 0.0992. The number of oxime groups is 1. The summed E-state index contributed by atoms with van der Waals surface area (Å²) >= 11 is 8.28. The predicted octanol–water partition coefficient (Wildman–Crippen LogP) is -0.120. The third-order valence-electron chi connectivity index (χ3n) is 6.16. The van der Waals surface area contributed by atoms with Crippen LogP contribution in [-0.4, -0.2) is 87.8 Å². The van der Waals surface area contributed by atoms with Crippen LogP contribution in [0.15, 0.2) is 53.3 Å². The third kappa shape index (κ3) is 5.63. The Morgan fingerprint density at radius 3 is 2.67 bits per heavy atom. The number of carbonyl (C=O) groups excluding carboxylic acids is 2. The zero-order chi connectivity index (χ0) is 30.1. The van der Waals surface area contributed by atoms with Gasteiger partial charge in [-0.15, -0.1) is 16.9 Å². The van der Waals surface area contributed by atoms with Crippen molar-refractivity contribution in [3.8, 4) is 5.69 Å². The standard InChI is InChI=1S/C23H20ClN9O7S2/c1-10(21(36)37)40-29-14(13-17(24)42-23(25)28-13)18(34)27-15-19(35)33-16(22(38)39)11(9-41-20(15)33)8-31-5-2-12(3-6-31)32-7-4-26-30-32/h2-7,10,15,20H,8-9H2,1H3,(H4-,25,27,28,34,36,37,38,39)/p+1/t10-,15+,20+/m0/s1. The SMILES string of the molecule is C[C@H](ON=C(C(=O)N[C@@H]1C(=O)N2C(C(=O)O)=C(C[n+]3ccc(-n4ccnn4)cc3)CS[C@H]12)c1nc(N)sc1Cl)C(=O)O. The number of pyridine rings is 1. The minimum absolute atomic E-state index is 0.00542. The largest absolute Gasteiger partial charge is 0.478 e. The molecule has 5 N–H and O–H groups in total. The fraction of sp³-hybridized carbons (Fsp3) is 0.261. The zero-order valence-corrected chi connectivity index (χ0v) is 23.8. The van der Waals surface area contributed by atoms with Crippen molar-refractivity contribution in [1.82, 2.24) is 30.2 Å². The van der Waals surface area contributed by atoms with Crippen molar-refractivity contribution >= 4 is 69.3 Å². The topological polar surface area (TPSA) is 219 Å². The first-order chi connectivity index (χ1) is 20.0. The molecule has 0 aliphatic carbocycles. The highest BCUT2D eigenvalue weighted by Gasteiger charge is 2.55. The lowest BCUT2D eigenvalue weighted by Crippen LogP contribution is -2.71. The van der Waals surface area contributed by atoms with E-state index in [1.807, 2.05) is 0 Å². The van der Waals surface area contributed by atoms with E-state index in [2.05, 4.69) is 25.8 Å². The minimum Gasteiger partial charge on any atom is -0.478 e. The molecule has 2 amide bonds. The number of aliphatic carboxylic acids is 2. The fourth-order valence-electron chi connectivity index (χ4n) is 4.12. The first-order valence-corrected chi connectivity index (χ1v) is 14.2. The number of thioether (sulfide) groups is 1. The van der Waals surface area contributed by atoms with Gasteiger partial charge in [-0.2, -0.15) is 0 Å². The van der Waals surface area contributed by atoms with Gasteiger partial charge in [-0.1, -0.05) is 33.3 Å². The molecule has 0 radical (unpaired) electrons. The predicted molar refractivity (Wildman–Crippen MR) is 147 cm³/mol. The van der Waals surface area contributed by atoms with E-state index >= 15 is 0 Å². The smallest absolute Gasteiger partial charge is 0.352 e. The first kappa shape index (κ1) is 29.0. The van der Waals surface area contributed by atoms with Crippen LogP contribution in [0.5, 0.6) is 0 Å². The van der Waals surface area contributed by atoms with E-state index in [-0.39, 0.29) is 33.2 Å². The number of amides is 2. The van der Waals surface area contributed by atoms with Crippen LogP contribution in [-0.2, 0) is 30.6 Å². The van der Waals surface area contributed by atoms with E-state index in [1.165, 1.54) is 18.7 Å². The molecule has 19 heteroatoms. The van der Waals surface area contributed by atoms with Gasteiger partial charge in [0.05, 0.1) is 18.1 Å². The molecule has 5 heterocycles. The normalized spacial score (nSPS) is 19.1. The van der Waals surface area contributed by atoms with Crippen LogP contribution >= 0.6 is 34.7 Å². The summed E-state index contributed by atoms with van der Waals surface area (Å²) in [5.41, 5.74) is 6.13.